The maximum absolute atomic E-state index is 13.7. The SMILES string of the molecule is O=C(O)CC(NC(=O)C1N(C(=O)Nc2cccc(F)c2)CCN1C(=O)Nc1cccc(Cl)c1)c1cccc([N+](=O)[O-])c1. The number of benzene rings is 3. The van der Waals surface area contributed by atoms with Gasteiger partial charge in [-0.2, -0.15) is 0 Å². The van der Waals surface area contributed by atoms with E-state index in [1.165, 1.54) is 42.5 Å². The van der Waals surface area contributed by atoms with Gasteiger partial charge in [0.05, 0.1) is 17.4 Å². The Labute approximate surface area is 243 Å². The summed E-state index contributed by atoms with van der Waals surface area (Å²) in [5, 5.41) is 28.7. The van der Waals surface area contributed by atoms with Gasteiger partial charge in [-0.1, -0.05) is 35.9 Å². The van der Waals surface area contributed by atoms with E-state index in [9.17, 15) is 38.8 Å². The van der Waals surface area contributed by atoms with Gasteiger partial charge in [0.25, 0.3) is 11.6 Å². The summed E-state index contributed by atoms with van der Waals surface area (Å²) in [6, 6.07) is 13.5. The van der Waals surface area contributed by atoms with Gasteiger partial charge in [0.1, 0.15) is 5.82 Å². The number of nitro groups is 1. The lowest BCUT2D eigenvalue weighted by Crippen LogP contribution is -2.56. The monoisotopic (exact) mass is 598 g/mol. The smallest absolute Gasteiger partial charge is 0.323 e. The first-order chi connectivity index (χ1) is 20.0. The van der Waals surface area contributed by atoms with E-state index < -0.39 is 53.3 Å². The molecule has 2 unspecified atom stereocenters. The molecule has 1 aliphatic rings. The molecule has 0 bridgehead atoms. The Morgan fingerprint density at radius 2 is 1.55 bits per heavy atom. The number of nitrogens with one attached hydrogen (secondary N) is 3. The molecule has 1 fully saturated rings. The fourth-order valence-electron chi connectivity index (χ4n) is 4.39. The standard InChI is InChI=1S/C27H24ClFN6O7/c28-17-5-2-7-19(13-17)30-26(39)33-10-11-34(27(40)31-20-8-3-6-18(29)14-20)25(33)24(38)32-22(15-23(36)37)16-4-1-9-21(12-16)35(41)42/h1-9,12-14,22,25H,10-11,15H2,(H,30,39)(H,31,40)(H,32,38)(H,36,37). The van der Waals surface area contributed by atoms with Gasteiger partial charge in [0, 0.05) is 41.6 Å². The molecule has 15 heteroatoms. The minimum Gasteiger partial charge on any atom is -0.481 e. The van der Waals surface area contributed by atoms with Crippen LogP contribution in [0.15, 0.2) is 72.8 Å². The molecular weight excluding hydrogens is 575 g/mol. The second-order valence-corrected chi connectivity index (χ2v) is 9.59. The second-order valence-electron chi connectivity index (χ2n) is 9.15. The topological polar surface area (TPSA) is 174 Å². The average Bonchev–Trinajstić information content (AvgIpc) is 3.38. The summed E-state index contributed by atoms with van der Waals surface area (Å²) in [5.74, 6) is -2.85. The second kappa shape index (κ2) is 13.0. The Morgan fingerprint density at radius 1 is 0.952 bits per heavy atom. The average molecular weight is 599 g/mol. The molecule has 0 radical (unpaired) electrons. The predicted octanol–water partition coefficient (Wildman–Crippen LogP) is 4.43. The Morgan fingerprint density at radius 3 is 2.12 bits per heavy atom. The van der Waals surface area contributed by atoms with Crippen molar-refractivity contribution in [1.29, 1.82) is 0 Å². The molecule has 0 saturated carbocycles. The van der Waals surface area contributed by atoms with Gasteiger partial charge in [-0.3, -0.25) is 29.5 Å². The van der Waals surface area contributed by atoms with Crippen LogP contribution in [0, 0.1) is 15.9 Å². The molecule has 5 amide bonds. The van der Waals surface area contributed by atoms with E-state index in [2.05, 4.69) is 16.0 Å². The number of rotatable bonds is 8. The highest BCUT2D eigenvalue weighted by Crippen LogP contribution is 2.25. The minimum atomic E-state index is -1.58. The van der Waals surface area contributed by atoms with Gasteiger partial charge < -0.3 is 21.1 Å². The number of nitrogens with zero attached hydrogens (tertiary/aromatic N) is 3. The molecule has 4 rings (SSSR count). The number of hydrogen-bond donors (Lipinski definition) is 4. The van der Waals surface area contributed by atoms with Gasteiger partial charge in [-0.25, -0.2) is 14.0 Å². The van der Waals surface area contributed by atoms with Crippen LogP contribution in [0.1, 0.15) is 18.0 Å². The fraction of sp³-hybridized carbons (Fsp3) is 0.185. The number of carbonyl (C=O) groups is 4. The Balaban J connectivity index is 1.64. The lowest BCUT2D eigenvalue weighted by atomic mass is 10.0. The molecule has 218 valence electrons. The van der Waals surface area contributed by atoms with Gasteiger partial charge in [-0.15, -0.1) is 0 Å². The molecule has 42 heavy (non-hydrogen) atoms. The number of hydrogen-bond acceptors (Lipinski definition) is 6. The van der Waals surface area contributed by atoms with E-state index in [0.717, 1.165) is 21.9 Å². The lowest BCUT2D eigenvalue weighted by molar-refractivity contribution is -0.384. The molecule has 3 aromatic carbocycles. The third kappa shape index (κ3) is 7.28. The first kappa shape index (κ1) is 29.7. The van der Waals surface area contributed by atoms with Crippen molar-refractivity contribution in [2.75, 3.05) is 23.7 Å². The Hall–Kier alpha value is -5.24. The van der Waals surface area contributed by atoms with Crippen LogP contribution in [-0.4, -0.2) is 63.0 Å². The number of non-ortho nitro benzene ring substituents is 1. The molecule has 0 aromatic heterocycles. The summed E-state index contributed by atoms with van der Waals surface area (Å²) in [7, 11) is 0. The van der Waals surface area contributed by atoms with Gasteiger partial charge in [0.15, 0.2) is 6.17 Å². The third-order valence-corrected chi connectivity index (χ3v) is 6.49. The summed E-state index contributed by atoms with van der Waals surface area (Å²) in [6.45, 7) is -0.204. The van der Waals surface area contributed by atoms with Crippen molar-refractivity contribution in [1.82, 2.24) is 15.1 Å². The normalized spacial score (nSPS) is 15.0. The van der Waals surface area contributed by atoms with Crippen molar-refractivity contribution < 1.29 is 33.6 Å². The molecule has 3 aromatic rings. The van der Waals surface area contributed by atoms with E-state index in [1.807, 2.05) is 0 Å². The van der Waals surface area contributed by atoms with Gasteiger partial charge in [-0.05, 0) is 42.0 Å². The van der Waals surface area contributed by atoms with Crippen LogP contribution < -0.4 is 16.0 Å². The zero-order valence-electron chi connectivity index (χ0n) is 21.7. The predicted molar refractivity (Wildman–Crippen MR) is 149 cm³/mol. The van der Waals surface area contributed by atoms with Crippen LogP contribution in [0.4, 0.5) is 31.0 Å². The summed E-state index contributed by atoms with van der Waals surface area (Å²) in [6.07, 6.45) is -2.23. The highest BCUT2D eigenvalue weighted by molar-refractivity contribution is 6.30. The summed E-state index contributed by atoms with van der Waals surface area (Å²) in [4.78, 5) is 64.6. The molecule has 4 N–H and O–H groups in total. The van der Waals surface area contributed by atoms with Crippen LogP contribution in [0.3, 0.4) is 0 Å². The Kier molecular flexibility index (Phi) is 9.17. The van der Waals surface area contributed by atoms with Crippen molar-refractivity contribution in [3.8, 4) is 0 Å². The van der Waals surface area contributed by atoms with Crippen molar-refractivity contribution >= 4 is 52.6 Å². The first-order valence-corrected chi connectivity index (χ1v) is 12.8. The summed E-state index contributed by atoms with van der Waals surface area (Å²) < 4.78 is 13.7. The van der Waals surface area contributed by atoms with Crippen molar-refractivity contribution in [3.63, 3.8) is 0 Å². The molecule has 2 atom stereocenters. The lowest BCUT2D eigenvalue weighted by Gasteiger charge is -2.30. The van der Waals surface area contributed by atoms with E-state index in [4.69, 9.17) is 11.6 Å². The zero-order valence-corrected chi connectivity index (χ0v) is 22.5. The number of halogens is 2. The number of anilines is 2. The highest BCUT2D eigenvalue weighted by Gasteiger charge is 2.43. The largest absolute Gasteiger partial charge is 0.481 e. The molecule has 1 saturated heterocycles. The van der Waals surface area contributed by atoms with Gasteiger partial charge in [0.2, 0.25) is 0 Å². The van der Waals surface area contributed by atoms with Crippen LogP contribution in [-0.2, 0) is 9.59 Å². The van der Waals surface area contributed by atoms with E-state index in [-0.39, 0.29) is 30.0 Å². The fourth-order valence-corrected chi connectivity index (χ4v) is 4.58. The molecule has 1 aliphatic heterocycles. The number of urea groups is 2. The molecular formula is C27H24ClFN6O7. The summed E-state index contributed by atoms with van der Waals surface area (Å²) >= 11 is 6.00. The number of carbonyl (C=O) groups excluding carboxylic acids is 3. The van der Waals surface area contributed by atoms with Crippen LogP contribution in [0.5, 0.6) is 0 Å². The number of nitro benzene ring substituents is 1. The molecule has 0 spiro atoms. The number of carboxylic acids is 1. The molecule has 0 aliphatic carbocycles. The number of carboxylic acid groups (broad SMARTS) is 1. The Bertz CT molecular complexity index is 1470. The number of amides is 5. The van der Waals surface area contributed by atoms with Gasteiger partial charge >= 0.3 is 18.0 Å². The van der Waals surface area contributed by atoms with Crippen LogP contribution in [0.25, 0.3) is 0 Å². The summed E-state index contributed by atoms with van der Waals surface area (Å²) in [5.41, 5.74) is 0.219. The van der Waals surface area contributed by atoms with Crippen molar-refractivity contribution in [2.24, 2.45) is 0 Å². The van der Waals surface area contributed by atoms with Crippen molar-refractivity contribution in [3.05, 3.63) is 99.3 Å². The third-order valence-electron chi connectivity index (χ3n) is 6.26. The maximum Gasteiger partial charge on any atom is 0.323 e. The minimum absolute atomic E-state index is 0.0958. The molecule has 1 heterocycles. The van der Waals surface area contributed by atoms with E-state index in [0.29, 0.717) is 10.7 Å². The van der Waals surface area contributed by atoms with Crippen molar-refractivity contribution in [2.45, 2.75) is 18.6 Å². The zero-order chi connectivity index (χ0) is 30.4. The van der Waals surface area contributed by atoms with Crippen LogP contribution >= 0.6 is 11.6 Å². The number of aliphatic carboxylic acids is 1. The highest BCUT2D eigenvalue weighted by atomic mass is 35.5. The quantitative estimate of drug-likeness (QED) is 0.219. The van der Waals surface area contributed by atoms with Crippen LogP contribution in [0.2, 0.25) is 5.02 Å². The van der Waals surface area contributed by atoms with E-state index >= 15 is 0 Å². The van der Waals surface area contributed by atoms with E-state index in [1.54, 1.807) is 18.2 Å². The first-order valence-electron chi connectivity index (χ1n) is 12.4. The maximum atomic E-state index is 13.7. The molecule has 13 nitrogen and oxygen atoms in total.